The van der Waals surface area contributed by atoms with Gasteiger partial charge >= 0.3 is 34.2 Å². The lowest BCUT2D eigenvalue weighted by molar-refractivity contribution is 0.232. The van der Waals surface area contributed by atoms with E-state index >= 15 is 0 Å². The number of rotatable bonds is 1. The average Bonchev–Trinajstić information content (AvgIpc) is 2.07. The van der Waals surface area contributed by atoms with Crippen LogP contribution in [0.25, 0.3) is 0 Å². The molecule has 1 saturated heterocycles. The standard InChI is InChI=1S/C10H25NO4Si4/c1-10(9-11)19(8)14-17(4,5)12-16(2,3)13-18(6,7)15-19/h10H,1-8H3. The molecule has 1 aliphatic rings. The van der Waals surface area contributed by atoms with Crippen LogP contribution in [0.4, 0.5) is 0 Å². The zero-order chi connectivity index (χ0) is 15.1. The molecule has 0 radical (unpaired) electrons. The van der Waals surface area contributed by atoms with Gasteiger partial charge in [0.1, 0.15) is 0 Å². The third kappa shape index (κ3) is 4.61. The first-order valence-corrected chi connectivity index (χ1v) is 17.4. The molecule has 0 aromatic heterocycles. The number of nitrogens with zero attached hydrogens (tertiary/aromatic N) is 1. The Morgan fingerprint density at radius 2 is 1.05 bits per heavy atom. The van der Waals surface area contributed by atoms with Crippen LogP contribution in [0.5, 0.6) is 0 Å². The maximum Gasteiger partial charge on any atom is 0.334 e. The lowest BCUT2D eigenvalue weighted by Gasteiger charge is -2.48. The molecule has 1 aliphatic heterocycles. The van der Waals surface area contributed by atoms with Crippen LogP contribution in [0.15, 0.2) is 0 Å². The van der Waals surface area contributed by atoms with Gasteiger partial charge in [-0.1, -0.05) is 0 Å². The molecule has 1 atom stereocenters. The van der Waals surface area contributed by atoms with Crippen LogP contribution in [0.2, 0.25) is 51.4 Å². The zero-order valence-electron chi connectivity index (χ0n) is 13.2. The molecule has 0 aromatic rings. The Hall–Kier alpha value is 0.198. The van der Waals surface area contributed by atoms with E-state index in [1.54, 1.807) is 0 Å². The van der Waals surface area contributed by atoms with Gasteiger partial charge in [0.25, 0.3) is 0 Å². The second-order valence-electron chi connectivity index (χ2n) is 6.47. The summed E-state index contributed by atoms with van der Waals surface area (Å²) in [7, 11) is -9.54. The first-order valence-electron chi connectivity index (χ1n) is 6.51. The van der Waals surface area contributed by atoms with E-state index < -0.39 is 34.2 Å². The molecule has 0 spiro atoms. The van der Waals surface area contributed by atoms with Crippen LogP contribution in [0.1, 0.15) is 6.92 Å². The van der Waals surface area contributed by atoms with Gasteiger partial charge in [0, 0.05) is 0 Å². The normalized spacial score (nSPS) is 29.6. The SMILES string of the molecule is CC(C#N)[Si]1(C)O[Si](C)(C)O[Si](C)(C)O[Si](C)(C)O1. The van der Waals surface area contributed by atoms with Crippen molar-refractivity contribution in [3.05, 3.63) is 0 Å². The summed E-state index contributed by atoms with van der Waals surface area (Å²) >= 11 is 0. The van der Waals surface area contributed by atoms with Crippen LogP contribution in [-0.4, -0.2) is 34.2 Å². The van der Waals surface area contributed by atoms with Gasteiger partial charge in [0.2, 0.25) is 0 Å². The maximum atomic E-state index is 9.24. The molecule has 5 nitrogen and oxygen atoms in total. The highest BCUT2D eigenvalue weighted by Crippen LogP contribution is 2.35. The summed E-state index contributed by atoms with van der Waals surface area (Å²) in [6.07, 6.45) is 0. The number of hydrogen-bond acceptors (Lipinski definition) is 5. The summed E-state index contributed by atoms with van der Waals surface area (Å²) in [5.74, 6) is 0. The summed E-state index contributed by atoms with van der Waals surface area (Å²) in [5.41, 5.74) is -0.249. The summed E-state index contributed by atoms with van der Waals surface area (Å²) < 4.78 is 25.0. The zero-order valence-corrected chi connectivity index (χ0v) is 17.2. The average molecular weight is 336 g/mol. The molecule has 19 heavy (non-hydrogen) atoms. The Bertz CT molecular complexity index is 371. The molecule has 9 heteroatoms. The first-order chi connectivity index (χ1) is 8.31. The van der Waals surface area contributed by atoms with E-state index in [2.05, 4.69) is 6.07 Å². The largest absolute Gasteiger partial charge is 0.416 e. The molecule has 1 rings (SSSR count). The summed E-state index contributed by atoms with van der Waals surface area (Å²) in [6, 6.07) is 2.28. The van der Waals surface area contributed by atoms with Crippen molar-refractivity contribution < 1.29 is 16.5 Å². The van der Waals surface area contributed by atoms with E-state index in [1.807, 2.05) is 52.8 Å². The monoisotopic (exact) mass is 335 g/mol. The predicted molar refractivity (Wildman–Crippen MR) is 83.4 cm³/mol. The van der Waals surface area contributed by atoms with Gasteiger partial charge in [0.15, 0.2) is 0 Å². The first kappa shape index (κ1) is 17.2. The fourth-order valence-corrected chi connectivity index (χ4v) is 23.6. The molecule has 0 saturated carbocycles. The third-order valence-corrected chi connectivity index (χ3v) is 19.6. The van der Waals surface area contributed by atoms with Crippen molar-refractivity contribution in [1.82, 2.24) is 0 Å². The highest BCUT2D eigenvalue weighted by Gasteiger charge is 2.54. The summed E-state index contributed by atoms with van der Waals surface area (Å²) in [4.78, 5) is 0. The highest BCUT2D eigenvalue weighted by atomic mass is 28.5. The maximum absolute atomic E-state index is 9.24. The van der Waals surface area contributed by atoms with E-state index in [9.17, 15) is 5.26 Å². The Morgan fingerprint density at radius 1 is 0.737 bits per heavy atom. The van der Waals surface area contributed by atoms with Crippen molar-refractivity contribution in [1.29, 1.82) is 5.26 Å². The lowest BCUT2D eigenvalue weighted by Crippen LogP contribution is -2.65. The Kier molecular flexibility index (Phi) is 4.71. The quantitative estimate of drug-likeness (QED) is 0.689. The van der Waals surface area contributed by atoms with Crippen LogP contribution < -0.4 is 0 Å². The summed E-state index contributed by atoms with van der Waals surface area (Å²) in [6.45, 7) is 15.9. The Labute approximate surface area is 120 Å². The Balaban J connectivity index is 3.16. The van der Waals surface area contributed by atoms with Gasteiger partial charge in [0.05, 0.1) is 11.6 Å². The van der Waals surface area contributed by atoms with Gasteiger partial charge < -0.3 is 16.5 Å². The molecule has 0 amide bonds. The van der Waals surface area contributed by atoms with Crippen LogP contribution in [0, 0.1) is 11.3 Å². The van der Waals surface area contributed by atoms with E-state index in [1.165, 1.54) is 0 Å². The van der Waals surface area contributed by atoms with Crippen LogP contribution in [-0.2, 0) is 16.5 Å². The van der Waals surface area contributed by atoms with Crippen LogP contribution >= 0.6 is 0 Å². The molecule has 0 N–H and O–H groups in total. The second kappa shape index (κ2) is 5.19. The molecule has 1 unspecified atom stereocenters. The van der Waals surface area contributed by atoms with E-state index in [-0.39, 0.29) is 5.54 Å². The van der Waals surface area contributed by atoms with Gasteiger partial charge in [-0.15, -0.1) is 0 Å². The third-order valence-electron chi connectivity index (χ3n) is 2.86. The van der Waals surface area contributed by atoms with E-state index in [0.29, 0.717) is 0 Å². The topological polar surface area (TPSA) is 60.7 Å². The molecular weight excluding hydrogens is 310 g/mol. The van der Waals surface area contributed by atoms with Gasteiger partial charge in [-0.05, 0) is 52.8 Å². The van der Waals surface area contributed by atoms with Gasteiger partial charge in [-0.3, -0.25) is 0 Å². The lowest BCUT2D eigenvalue weighted by atomic mass is 10.5. The number of nitriles is 1. The van der Waals surface area contributed by atoms with Crippen molar-refractivity contribution >= 4 is 34.2 Å². The molecular formula is C10H25NO4Si4. The smallest absolute Gasteiger partial charge is 0.334 e. The minimum Gasteiger partial charge on any atom is -0.416 e. The minimum atomic E-state index is -2.62. The van der Waals surface area contributed by atoms with Gasteiger partial charge in [-0.25, -0.2) is 0 Å². The fraction of sp³-hybridized carbons (Fsp3) is 0.900. The molecule has 0 bridgehead atoms. The molecule has 110 valence electrons. The van der Waals surface area contributed by atoms with Crippen molar-refractivity contribution in [2.24, 2.45) is 0 Å². The summed E-state index contributed by atoms with van der Waals surface area (Å²) in [5, 5.41) is 9.24. The van der Waals surface area contributed by atoms with Crippen molar-refractivity contribution in [2.45, 2.75) is 58.3 Å². The van der Waals surface area contributed by atoms with E-state index in [0.717, 1.165) is 0 Å². The van der Waals surface area contributed by atoms with Crippen LogP contribution in [0.3, 0.4) is 0 Å². The van der Waals surface area contributed by atoms with Crippen molar-refractivity contribution in [3.63, 3.8) is 0 Å². The minimum absolute atomic E-state index is 0.249. The highest BCUT2D eigenvalue weighted by molar-refractivity contribution is 6.93. The second-order valence-corrected chi connectivity index (χ2v) is 21.0. The molecule has 0 aromatic carbocycles. The Morgan fingerprint density at radius 3 is 1.37 bits per heavy atom. The van der Waals surface area contributed by atoms with Crippen molar-refractivity contribution in [2.75, 3.05) is 0 Å². The molecule has 0 aliphatic carbocycles. The van der Waals surface area contributed by atoms with Crippen molar-refractivity contribution in [3.8, 4) is 6.07 Å². The molecule has 1 heterocycles. The number of hydrogen-bond donors (Lipinski definition) is 0. The fourth-order valence-electron chi connectivity index (χ4n) is 2.54. The molecule has 1 fully saturated rings. The predicted octanol–water partition coefficient (Wildman–Crippen LogP) is 3.16. The van der Waals surface area contributed by atoms with Gasteiger partial charge in [-0.2, -0.15) is 5.26 Å². The van der Waals surface area contributed by atoms with E-state index in [4.69, 9.17) is 16.5 Å².